The molecule has 2 amide bonds. The Hall–Kier alpha value is -4.06. The van der Waals surface area contributed by atoms with Crippen LogP contribution in [0.2, 0.25) is 0 Å². The Balaban J connectivity index is 1.33. The van der Waals surface area contributed by atoms with Crippen LogP contribution in [0.15, 0.2) is 77.2 Å². The molecular weight excluding hydrogens is 416 g/mol. The smallest absolute Gasteiger partial charge is 0.291 e. The zero-order chi connectivity index (χ0) is 23.4. The van der Waals surface area contributed by atoms with E-state index < -0.39 is 0 Å². The number of furan rings is 1. The van der Waals surface area contributed by atoms with Crippen molar-refractivity contribution in [2.45, 2.75) is 26.7 Å². The van der Waals surface area contributed by atoms with E-state index in [-0.39, 0.29) is 24.2 Å². The van der Waals surface area contributed by atoms with E-state index in [0.717, 1.165) is 10.9 Å². The molecule has 1 heterocycles. The predicted octanol–water partition coefficient (Wildman–Crippen LogP) is 6.13. The van der Waals surface area contributed by atoms with Gasteiger partial charge in [0.05, 0.1) is 0 Å². The molecule has 0 saturated heterocycles. The number of hydrogen-bond donors (Lipinski definition) is 2. The number of benzene rings is 3. The van der Waals surface area contributed by atoms with Crippen LogP contribution in [0.3, 0.4) is 0 Å². The van der Waals surface area contributed by atoms with Crippen LogP contribution in [-0.4, -0.2) is 18.4 Å². The van der Waals surface area contributed by atoms with E-state index in [9.17, 15) is 9.59 Å². The van der Waals surface area contributed by atoms with Crippen molar-refractivity contribution in [3.8, 4) is 5.75 Å². The molecule has 4 rings (SSSR count). The SMILES string of the molecule is Cc1cc(NC(=O)COc2ccc(C(C)C)cc2)ccc1NC(=O)c1cc2ccccc2o1. The fourth-order valence-electron chi connectivity index (χ4n) is 3.45. The fraction of sp³-hybridized carbons (Fsp3) is 0.185. The molecule has 0 aliphatic rings. The molecule has 6 nitrogen and oxygen atoms in total. The van der Waals surface area contributed by atoms with Gasteiger partial charge in [0.15, 0.2) is 12.4 Å². The summed E-state index contributed by atoms with van der Waals surface area (Å²) in [6, 6.07) is 22.2. The maximum Gasteiger partial charge on any atom is 0.291 e. The standard InChI is InChI=1S/C27H26N2O4/c1-17(2)19-8-11-22(12-9-19)32-16-26(30)28-21-10-13-23(18(3)14-21)29-27(31)25-15-20-6-4-5-7-24(20)33-25/h4-15,17H,16H2,1-3H3,(H,28,30)(H,29,31). The first-order valence-corrected chi connectivity index (χ1v) is 10.8. The van der Waals surface area contributed by atoms with Crippen LogP contribution in [-0.2, 0) is 4.79 Å². The van der Waals surface area contributed by atoms with E-state index in [1.54, 1.807) is 24.3 Å². The summed E-state index contributed by atoms with van der Waals surface area (Å²) in [7, 11) is 0. The summed E-state index contributed by atoms with van der Waals surface area (Å²) in [5, 5.41) is 6.55. The third-order valence-electron chi connectivity index (χ3n) is 5.32. The van der Waals surface area contributed by atoms with Gasteiger partial charge in [-0.1, -0.05) is 44.2 Å². The summed E-state index contributed by atoms with van der Waals surface area (Å²) in [5.41, 5.74) is 3.95. The normalized spacial score (nSPS) is 10.9. The van der Waals surface area contributed by atoms with Crippen molar-refractivity contribution >= 4 is 34.2 Å². The predicted molar refractivity (Wildman–Crippen MR) is 130 cm³/mol. The summed E-state index contributed by atoms with van der Waals surface area (Å²) >= 11 is 0. The van der Waals surface area contributed by atoms with Crippen molar-refractivity contribution in [3.63, 3.8) is 0 Å². The van der Waals surface area contributed by atoms with Crippen LogP contribution in [0.25, 0.3) is 11.0 Å². The Bertz CT molecular complexity index is 1260. The van der Waals surface area contributed by atoms with Crippen LogP contribution in [0, 0.1) is 6.92 Å². The van der Waals surface area contributed by atoms with Crippen LogP contribution < -0.4 is 15.4 Å². The number of hydrogen-bond acceptors (Lipinski definition) is 4. The lowest BCUT2D eigenvalue weighted by atomic mass is 10.0. The number of anilines is 2. The van der Waals surface area contributed by atoms with Gasteiger partial charge in [0.1, 0.15) is 11.3 Å². The van der Waals surface area contributed by atoms with Crippen LogP contribution in [0.4, 0.5) is 11.4 Å². The minimum Gasteiger partial charge on any atom is -0.484 e. The van der Waals surface area contributed by atoms with Gasteiger partial charge in [0.2, 0.25) is 0 Å². The molecule has 0 spiro atoms. The van der Waals surface area contributed by atoms with Crippen LogP contribution in [0.5, 0.6) is 5.75 Å². The molecule has 0 saturated carbocycles. The minimum absolute atomic E-state index is 0.0926. The number of rotatable bonds is 7. The third-order valence-corrected chi connectivity index (χ3v) is 5.32. The second kappa shape index (κ2) is 9.61. The highest BCUT2D eigenvalue weighted by Crippen LogP contribution is 2.23. The summed E-state index contributed by atoms with van der Waals surface area (Å²) in [4.78, 5) is 24.9. The average Bonchev–Trinajstić information content (AvgIpc) is 3.24. The lowest BCUT2D eigenvalue weighted by molar-refractivity contribution is -0.118. The summed E-state index contributed by atoms with van der Waals surface area (Å²) in [5.74, 6) is 0.738. The molecule has 0 atom stereocenters. The van der Waals surface area contributed by atoms with Gasteiger partial charge in [-0.3, -0.25) is 9.59 Å². The second-order valence-corrected chi connectivity index (χ2v) is 8.19. The first kappa shape index (κ1) is 22.1. The Morgan fingerprint density at radius 3 is 2.39 bits per heavy atom. The highest BCUT2D eigenvalue weighted by Gasteiger charge is 2.14. The number of fused-ring (bicyclic) bond motifs is 1. The van der Waals surface area contributed by atoms with E-state index >= 15 is 0 Å². The van der Waals surface area contributed by atoms with Crippen LogP contribution in [0.1, 0.15) is 41.4 Å². The number of carbonyl (C=O) groups excluding carboxylic acids is 2. The van der Waals surface area contributed by atoms with Gasteiger partial charge in [-0.25, -0.2) is 0 Å². The number of para-hydroxylation sites is 1. The minimum atomic E-state index is -0.331. The van der Waals surface area contributed by atoms with E-state index in [4.69, 9.17) is 9.15 Å². The molecule has 0 radical (unpaired) electrons. The quantitative estimate of drug-likeness (QED) is 0.361. The number of amides is 2. The Morgan fingerprint density at radius 2 is 1.70 bits per heavy atom. The van der Waals surface area contributed by atoms with Crippen molar-refractivity contribution in [1.82, 2.24) is 0 Å². The molecule has 168 valence electrons. The van der Waals surface area contributed by atoms with Crippen molar-refractivity contribution in [2.75, 3.05) is 17.2 Å². The highest BCUT2D eigenvalue weighted by molar-refractivity contribution is 6.05. The number of aryl methyl sites for hydroxylation is 1. The number of nitrogens with one attached hydrogen (secondary N) is 2. The fourth-order valence-corrected chi connectivity index (χ4v) is 3.45. The third kappa shape index (κ3) is 5.41. The van der Waals surface area contributed by atoms with E-state index in [1.165, 1.54) is 5.56 Å². The van der Waals surface area contributed by atoms with Crippen LogP contribution >= 0.6 is 0 Å². The summed E-state index contributed by atoms with van der Waals surface area (Å²) in [6.07, 6.45) is 0. The monoisotopic (exact) mass is 442 g/mol. The van der Waals surface area contributed by atoms with Gasteiger partial charge < -0.3 is 19.8 Å². The van der Waals surface area contributed by atoms with Crippen molar-refractivity contribution in [3.05, 3.63) is 89.7 Å². The van der Waals surface area contributed by atoms with E-state index in [0.29, 0.717) is 28.6 Å². The number of carbonyl (C=O) groups is 2. The zero-order valence-electron chi connectivity index (χ0n) is 18.8. The van der Waals surface area contributed by atoms with Crippen molar-refractivity contribution in [1.29, 1.82) is 0 Å². The van der Waals surface area contributed by atoms with Gasteiger partial charge in [-0.05, 0) is 66.4 Å². The topological polar surface area (TPSA) is 80.6 Å². The van der Waals surface area contributed by atoms with Crippen molar-refractivity contribution < 1.29 is 18.7 Å². The average molecular weight is 443 g/mol. The molecule has 0 fully saturated rings. The first-order valence-electron chi connectivity index (χ1n) is 10.8. The lowest BCUT2D eigenvalue weighted by Crippen LogP contribution is -2.20. The summed E-state index contributed by atoms with van der Waals surface area (Å²) < 4.78 is 11.2. The van der Waals surface area contributed by atoms with Crippen molar-refractivity contribution in [2.24, 2.45) is 0 Å². The molecule has 0 unspecified atom stereocenters. The Morgan fingerprint density at radius 1 is 0.939 bits per heavy atom. The summed E-state index contributed by atoms with van der Waals surface area (Å²) in [6.45, 7) is 6.02. The first-order chi connectivity index (χ1) is 15.9. The molecule has 6 heteroatoms. The maximum atomic E-state index is 12.6. The second-order valence-electron chi connectivity index (χ2n) is 8.19. The molecule has 2 N–H and O–H groups in total. The van der Waals surface area contributed by atoms with Gasteiger partial charge in [0, 0.05) is 16.8 Å². The van der Waals surface area contributed by atoms with E-state index in [2.05, 4.69) is 24.5 Å². The van der Waals surface area contributed by atoms with Gasteiger partial charge in [-0.2, -0.15) is 0 Å². The molecular formula is C27H26N2O4. The molecule has 0 bridgehead atoms. The molecule has 33 heavy (non-hydrogen) atoms. The van der Waals surface area contributed by atoms with Gasteiger partial charge in [-0.15, -0.1) is 0 Å². The van der Waals surface area contributed by atoms with E-state index in [1.807, 2.05) is 55.5 Å². The number of ether oxygens (including phenoxy) is 1. The maximum absolute atomic E-state index is 12.6. The van der Waals surface area contributed by atoms with Gasteiger partial charge >= 0.3 is 0 Å². The largest absolute Gasteiger partial charge is 0.484 e. The Kier molecular flexibility index (Phi) is 6.45. The highest BCUT2D eigenvalue weighted by atomic mass is 16.5. The molecule has 0 aliphatic heterocycles. The van der Waals surface area contributed by atoms with Gasteiger partial charge in [0.25, 0.3) is 11.8 Å². The molecule has 4 aromatic rings. The molecule has 0 aliphatic carbocycles. The zero-order valence-corrected chi connectivity index (χ0v) is 18.8. The Labute approximate surface area is 192 Å². The molecule has 3 aromatic carbocycles. The molecule has 1 aromatic heterocycles. The lowest BCUT2D eigenvalue weighted by Gasteiger charge is -2.12.